The van der Waals surface area contributed by atoms with E-state index in [4.69, 9.17) is 5.10 Å². The van der Waals surface area contributed by atoms with Gasteiger partial charge in [0, 0.05) is 12.1 Å². The number of para-hydroxylation sites is 1. The highest BCUT2D eigenvalue weighted by molar-refractivity contribution is 8.00. The third-order valence-electron chi connectivity index (χ3n) is 7.06. The molecule has 0 unspecified atom stereocenters. The molecular weight excluding hydrogens is 575 g/mol. The molecule has 0 bridgehead atoms. The summed E-state index contributed by atoms with van der Waals surface area (Å²) in [4.78, 5) is 29.5. The van der Waals surface area contributed by atoms with E-state index in [1.54, 1.807) is 28.9 Å². The molecule has 5 aromatic rings. The fourth-order valence-corrected chi connectivity index (χ4v) is 6.91. The van der Waals surface area contributed by atoms with Crippen molar-refractivity contribution >= 4 is 40.7 Å². The second-order valence-corrected chi connectivity index (χ2v) is 11.9. The number of aromatic nitrogens is 2. The lowest BCUT2D eigenvalue weighted by Gasteiger charge is -2.23. The summed E-state index contributed by atoms with van der Waals surface area (Å²) >= 11 is 2.97. The second kappa shape index (κ2) is 11.9. The van der Waals surface area contributed by atoms with Crippen molar-refractivity contribution in [1.29, 1.82) is 0 Å². The number of hydrogen-bond donors (Lipinski definition) is 1. The fraction of sp³-hybridized carbons (Fsp3) is 0.156. The maximum Gasteiger partial charge on any atom is 0.240 e. The number of amides is 2. The average Bonchev–Trinajstić information content (AvgIpc) is 3.63. The van der Waals surface area contributed by atoms with E-state index in [0.717, 1.165) is 32.8 Å². The summed E-state index contributed by atoms with van der Waals surface area (Å²) in [7, 11) is 0. The van der Waals surface area contributed by atoms with Crippen LogP contribution < -0.4 is 10.2 Å². The summed E-state index contributed by atoms with van der Waals surface area (Å²) < 4.78 is 29.0. The Labute approximate surface area is 250 Å². The molecule has 0 saturated carbocycles. The van der Waals surface area contributed by atoms with E-state index in [1.165, 1.54) is 52.3 Å². The maximum atomic E-state index is 13.9. The number of hydrogen-bond acceptors (Lipinski definition) is 5. The Bertz CT molecular complexity index is 1740. The Balaban J connectivity index is 1.49. The van der Waals surface area contributed by atoms with Crippen LogP contribution in [0.4, 0.5) is 14.6 Å². The first-order valence-electron chi connectivity index (χ1n) is 13.3. The summed E-state index contributed by atoms with van der Waals surface area (Å²) in [5, 5.41) is 9.56. The highest BCUT2D eigenvalue weighted by atomic mass is 32.2. The first kappa shape index (κ1) is 27.9. The SMILES string of the molecule is Cc1ccccc1-n1nc(-c2cccs2)c2c1N(CC(=O)NCc1ccc(F)cc1)C(=O)CS[C@H]2c1ccc(F)cc1. The summed E-state index contributed by atoms with van der Waals surface area (Å²) in [6.07, 6.45) is 0. The van der Waals surface area contributed by atoms with Gasteiger partial charge in [-0.2, -0.15) is 5.10 Å². The maximum absolute atomic E-state index is 13.9. The molecule has 10 heteroatoms. The molecule has 0 fully saturated rings. The molecule has 0 spiro atoms. The monoisotopic (exact) mass is 600 g/mol. The molecule has 3 aromatic carbocycles. The van der Waals surface area contributed by atoms with E-state index < -0.39 is 0 Å². The summed E-state index contributed by atoms with van der Waals surface area (Å²) in [5.74, 6) is -0.683. The van der Waals surface area contributed by atoms with E-state index >= 15 is 0 Å². The normalized spacial score (nSPS) is 14.9. The lowest BCUT2D eigenvalue weighted by Crippen LogP contribution is -2.42. The number of thiophene rings is 1. The van der Waals surface area contributed by atoms with Crippen molar-refractivity contribution in [3.63, 3.8) is 0 Å². The fourth-order valence-electron chi connectivity index (χ4n) is 4.99. The predicted molar refractivity (Wildman–Crippen MR) is 163 cm³/mol. The molecule has 0 radical (unpaired) electrons. The van der Waals surface area contributed by atoms with Crippen LogP contribution in [0.25, 0.3) is 16.3 Å². The quantitative estimate of drug-likeness (QED) is 0.227. The Morgan fingerprint density at radius 1 is 0.976 bits per heavy atom. The van der Waals surface area contributed by atoms with E-state index in [2.05, 4.69) is 5.32 Å². The van der Waals surface area contributed by atoms with E-state index in [9.17, 15) is 18.4 Å². The van der Waals surface area contributed by atoms with Crippen molar-refractivity contribution in [1.82, 2.24) is 15.1 Å². The molecule has 6 nitrogen and oxygen atoms in total. The van der Waals surface area contributed by atoms with Gasteiger partial charge in [0.1, 0.15) is 29.7 Å². The number of aryl methyl sites for hydroxylation is 1. The molecule has 6 rings (SSSR count). The number of carbonyl (C=O) groups excluding carboxylic acids is 2. The van der Waals surface area contributed by atoms with Gasteiger partial charge in [-0.1, -0.05) is 48.5 Å². The zero-order valence-electron chi connectivity index (χ0n) is 22.6. The van der Waals surface area contributed by atoms with Gasteiger partial charge in [-0.25, -0.2) is 13.5 Å². The Hall–Kier alpha value is -4.28. The average molecular weight is 601 g/mol. The second-order valence-electron chi connectivity index (χ2n) is 9.89. The van der Waals surface area contributed by atoms with E-state index in [-0.39, 0.29) is 47.5 Å². The zero-order chi connectivity index (χ0) is 29.2. The number of fused-ring (bicyclic) bond motifs is 1. The summed E-state index contributed by atoms with van der Waals surface area (Å²) in [6, 6.07) is 23.9. The first-order chi connectivity index (χ1) is 20.4. The molecule has 2 aromatic heterocycles. The van der Waals surface area contributed by atoms with Gasteiger partial charge in [-0.15, -0.1) is 23.1 Å². The Morgan fingerprint density at radius 2 is 1.69 bits per heavy atom. The topological polar surface area (TPSA) is 67.2 Å². The van der Waals surface area contributed by atoms with Crippen LogP contribution in [-0.4, -0.2) is 33.9 Å². The minimum Gasteiger partial charge on any atom is -0.350 e. The number of nitrogens with zero attached hydrogens (tertiary/aromatic N) is 3. The smallest absolute Gasteiger partial charge is 0.240 e. The molecule has 2 amide bonds. The predicted octanol–water partition coefficient (Wildman–Crippen LogP) is 6.67. The van der Waals surface area contributed by atoms with Gasteiger partial charge in [-0.05, 0) is 65.4 Å². The van der Waals surface area contributed by atoms with Gasteiger partial charge in [0.05, 0.1) is 21.6 Å². The van der Waals surface area contributed by atoms with Gasteiger partial charge in [0.25, 0.3) is 0 Å². The van der Waals surface area contributed by atoms with Crippen LogP contribution in [0.2, 0.25) is 0 Å². The molecule has 1 aliphatic rings. The van der Waals surface area contributed by atoms with E-state index in [0.29, 0.717) is 11.5 Å². The minimum atomic E-state index is -0.362. The van der Waals surface area contributed by atoms with Gasteiger partial charge in [0.2, 0.25) is 11.8 Å². The third-order valence-corrected chi connectivity index (χ3v) is 9.20. The van der Waals surface area contributed by atoms with Crippen LogP contribution in [0, 0.1) is 18.6 Å². The first-order valence-corrected chi connectivity index (χ1v) is 15.2. The molecule has 212 valence electrons. The Morgan fingerprint density at radius 3 is 2.38 bits per heavy atom. The molecule has 1 atom stereocenters. The highest BCUT2D eigenvalue weighted by Crippen LogP contribution is 2.49. The number of thioether (sulfide) groups is 1. The number of nitrogens with one attached hydrogen (secondary N) is 1. The largest absolute Gasteiger partial charge is 0.350 e. The molecule has 42 heavy (non-hydrogen) atoms. The number of carbonyl (C=O) groups is 2. The number of rotatable bonds is 7. The van der Waals surface area contributed by atoms with Gasteiger partial charge in [-0.3, -0.25) is 14.5 Å². The number of halogens is 2. The third kappa shape index (κ3) is 5.60. The molecule has 3 heterocycles. The van der Waals surface area contributed by atoms with E-state index in [1.807, 2.05) is 48.7 Å². The van der Waals surface area contributed by atoms with Gasteiger partial charge >= 0.3 is 0 Å². The van der Waals surface area contributed by atoms with Crippen LogP contribution in [0.5, 0.6) is 0 Å². The number of anilines is 1. The van der Waals surface area contributed by atoms with Crippen molar-refractivity contribution in [3.05, 3.63) is 124 Å². The number of benzene rings is 3. The summed E-state index contributed by atoms with van der Waals surface area (Å²) in [6.45, 7) is 1.93. The van der Waals surface area contributed by atoms with Crippen LogP contribution in [0.1, 0.15) is 27.5 Å². The molecule has 1 aliphatic heterocycles. The van der Waals surface area contributed by atoms with Gasteiger partial charge in [0.15, 0.2) is 0 Å². The Kier molecular flexibility index (Phi) is 7.90. The van der Waals surface area contributed by atoms with Crippen LogP contribution in [-0.2, 0) is 16.1 Å². The summed E-state index contributed by atoms with van der Waals surface area (Å²) in [5.41, 5.74) is 4.80. The van der Waals surface area contributed by atoms with Crippen molar-refractivity contribution in [3.8, 4) is 16.3 Å². The van der Waals surface area contributed by atoms with Crippen molar-refractivity contribution < 1.29 is 18.4 Å². The van der Waals surface area contributed by atoms with Crippen molar-refractivity contribution in [2.24, 2.45) is 0 Å². The standard InChI is InChI=1S/C32H26F2N4O2S2/c1-20-5-2-3-6-25(20)38-32-29(30(36-38)26-7-4-16-41-26)31(22-10-14-24(34)15-11-22)42-19-28(40)37(32)18-27(39)35-17-21-8-12-23(33)13-9-21/h2-16,31H,17-19H2,1H3,(H,35,39)/t31-/m0/s1. The highest BCUT2D eigenvalue weighted by Gasteiger charge is 2.38. The van der Waals surface area contributed by atoms with Crippen LogP contribution >= 0.6 is 23.1 Å². The van der Waals surface area contributed by atoms with Crippen LogP contribution in [0.3, 0.4) is 0 Å². The molecular formula is C32H26F2N4O2S2. The lowest BCUT2D eigenvalue weighted by atomic mass is 10.0. The molecule has 0 saturated heterocycles. The molecule has 1 N–H and O–H groups in total. The van der Waals surface area contributed by atoms with Crippen molar-refractivity contribution in [2.45, 2.75) is 18.7 Å². The van der Waals surface area contributed by atoms with Gasteiger partial charge < -0.3 is 5.32 Å². The van der Waals surface area contributed by atoms with Crippen LogP contribution in [0.15, 0.2) is 90.3 Å². The minimum absolute atomic E-state index is 0.111. The lowest BCUT2D eigenvalue weighted by molar-refractivity contribution is -0.123. The zero-order valence-corrected chi connectivity index (χ0v) is 24.2. The van der Waals surface area contributed by atoms with Crippen molar-refractivity contribution in [2.75, 3.05) is 17.2 Å². The molecule has 0 aliphatic carbocycles.